The smallest absolute Gasteiger partial charge is 0.129 e. The standard InChI is InChI=1S/C14H19F2N2O/c1-10(9-19)8-18-6-2-5-14(18,17)12-7-11(15)3-4-13(12)16/h3-4,7,19H,2,5-6,8-9,17H2,1H3/t14-/m1/s1. The molecule has 1 aliphatic heterocycles. The van der Waals surface area contributed by atoms with Crippen LogP contribution in [0.1, 0.15) is 25.3 Å². The summed E-state index contributed by atoms with van der Waals surface area (Å²) < 4.78 is 27.3. The molecule has 0 aromatic heterocycles. The Bertz CT molecular complexity index is 455. The second-order valence-electron chi connectivity index (χ2n) is 5.19. The summed E-state index contributed by atoms with van der Waals surface area (Å²) in [4.78, 5) is 1.90. The summed E-state index contributed by atoms with van der Waals surface area (Å²) in [6.07, 6.45) is 1.40. The molecule has 0 bridgehead atoms. The first-order valence-electron chi connectivity index (χ1n) is 6.39. The highest BCUT2D eigenvalue weighted by atomic mass is 19.1. The number of aliphatic hydroxyl groups is 1. The van der Waals surface area contributed by atoms with E-state index in [0.29, 0.717) is 19.5 Å². The van der Waals surface area contributed by atoms with Crippen molar-refractivity contribution in [3.05, 3.63) is 41.3 Å². The van der Waals surface area contributed by atoms with Gasteiger partial charge in [0.1, 0.15) is 11.6 Å². The number of nitrogens with zero attached hydrogens (tertiary/aromatic N) is 1. The first kappa shape index (κ1) is 14.4. The molecule has 0 unspecified atom stereocenters. The number of nitrogens with two attached hydrogens (primary N) is 1. The van der Waals surface area contributed by atoms with Crippen LogP contribution in [0.15, 0.2) is 18.2 Å². The Morgan fingerprint density at radius 3 is 2.89 bits per heavy atom. The van der Waals surface area contributed by atoms with Crippen molar-refractivity contribution in [1.29, 1.82) is 0 Å². The van der Waals surface area contributed by atoms with Crippen LogP contribution in [-0.4, -0.2) is 29.7 Å². The van der Waals surface area contributed by atoms with Crippen LogP contribution < -0.4 is 5.73 Å². The first-order valence-corrected chi connectivity index (χ1v) is 6.39. The van der Waals surface area contributed by atoms with E-state index >= 15 is 0 Å². The average Bonchev–Trinajstić information content (AvgIpc) is 2.75. The lowest BCUT2D eigenvalue weighted by Crippen LogP contribution is -2.51. The minimum absolute atomic E-state index is 0.0296. The number of rotatable bonds is 4. The van der Waals surface area contributed by atoms with Crippen LogP contribution in [0.5, 0.6) is 0 Å². The van der Waals surface area contributed by atoms with E-state index in [1.165, 1.54) is 6.07 Å². The highest BCUT2D eigenvalue weighted by Crippen LogP contribution is 2.36. The number of aliphatic hydroxyl groups excluding tert-OH is 1. The van der Waals surface area contributed by atoms with Gasteiger partial charge in [0.25, 0.3) is 0 Å². The Morgan fingerprint density at radius 2 is 2.21 bits per heavy atom. The number of halogens is 2. The van der Waals surface area contributed by atoms with Gasteiger partial charge in [0.2, 0.25) is 0 Å². The van der Waals surface area contributed by atoms with Crippen LogP contribution in [0.2, 0.25) is 0 Å². The van der Waals surface area contributed by atoms with Crippen LogP contribution in [-0.2, 0) is 5.66 Å². The van der Waals surface area contributed by atoms with Crippen molar-refractivity contribution < 1.29 is 13.9 Å². The maximum absolute atomic E-state index is 13.9. The van der Waals surface area contributed by atoms with Crippen LogP contribution in [0.3, 0.4) is 0 Å². The molecule has 1 saturated heterocycles. The summed E-state index contributed by atoms with van der Waals surface area (Å²) in [7, 11) is 0. The van der Waals surface area contributed by atoms with Gasteiger partial charge in [0.15, 0.2) is 0 Å². The van der Waals surface area contributed by atoms with Gasteiger partial charge in [-0.3, -0.25) is 4.90 Å². The van der Waals surface area contributed by atoms with E-state index in [2.05, 4.69) is 0 Å². The normalized spacial score (nSPS) is 24.3. The fourth-order valence-corrected chi connectivity index (χ4v) is 2.63. The van der Waals surface area contributed by atoms with Gasteiger partial charge in [-0.1, -0.05) is 6.92 Å². The van der Waals surface area contributed by atoms with Crippen LogP contribution >= 0.6 is 0 Å². The first-order chi connectivity index (χ1) is 8.97. The molecule has 1 atom stereocenters. The van der Waals surface area contributed by atoms with E-state index in [0.717, 1.165) is 24.5 Å². The van der Waals surface area contributed by atoms with Gasteiger partial charge in [-0.05, 0) is 31.0 Å². The summed E-state index contributed by atoms with van der Waals surface area (Å²) >= 11 is 0. The zero-order valence-corrected chi connectivity index (χ0v) is 11.0. The van der Waals surface area contributed by atoms with E-state index in [9.17, 15) is 8.78 Å². The Balaban J connectivity index is 2.31. The lowest BCUT2D eigenvalue weighted by Gasteiger charge is -2.36. The number of likely N-dealkylation sites (tertiary alicyclic amines) is 1. The molecule has 3 nitrogen and oxygen atoms in total. The van der Waals surface area contributed by atoms with Crippen LogP contribution in [0.25, 0.3) is 0 Å². The maximum Gasteiger partial charge on any atom is 0.129 e. The van der Waals surface area contributed by atoms with E-state index in [1.54, 1.807) is 0 Å². The molecule has 5 heteroatoms. The monoisotopic (exact) mass is 269 g/mol. The van der Waals surface area contributed by atoms with Gasteiger partial charge in [-0.2, -0.15) is 0 Å². The van der Waals surface area contributed by atoms with Crippen molar-refractivity contribution >= 4 is 0 Å². The number of benzene rings is 1. The quantitative estimate of drug-likeness (QED) is 0.875. The van der Waals surface area contributed by atoms with E-state index in [4.69, 9.17) is 10.8 Å². The van der Waals surface area contributed by atoms with Gasteiger partial charge in [0.05, 0.1) is 12.3 Å². The Labute approximate surface area is 112 Å². The predicted molar refractivity (Wildman–Crippen MR) is 69.0 cm³/mol. The van der Waals surface area contributed by atoms with Gasteiger partial charge in [-0.15, -0.1) is 0 Å². The van der Waals surface area contributed by atoms with E-state index in [1.807, 2.05) is 11.8 Å². The van der Waals surface area contributed by atoms with Crippen molar-refractivity contribution in [3.63, 3.8) is 0 Å². The molecule has 2 rings (SSSR count). The maximum atomic E-state index is 13.9. The minimum atomic E-state index is -0.997. The third kappa shape index (κ3) is 2.78. The molecule has 1 radical (unpaired) electrons. The second-order valence-corrected chi connectivity index (χ2v) is 5.19. The molecule has 1 aromatic carbocycles. The summed E-state index contributed by atoms with van der Waals surface area (Å²) in [6.45, 7) is 2.99. The van der Waals surface area contributed by atoms with Crippen LogP contribution in [0.4, 0.5) is 8.78 Å². The summed E-state index contributed by atoms with van der Waals surface area (Å²) in [5, 5.41) is 9.10. The molecule has 19 heavy (non-hydrogen) atoms. The molecule has 1 heterocycles. The number of hydrogen-bond donors (Lipinski definition) is 2. The molecule has 105 valence electrons. The Kier molecular flexibility index (Phi) is 4.18. The predicted octanol–water partition coefficient (Wildman–Crippen LogP) is 1.76. The second kappa shape index (κ2) is 5.53. The summed E-state index contributed by atoms with van der Waals surface area (Å²) in [5.41, 5.74) is 5.51. The topological polar surface area (TPSA) is 49.5 Å². The fourth-order valence-electron chi connectivity index (χ4n) is 2.63. The summed E-state index contributed by atoms with van der Waals surface area (Å²) in [6, 6.07) is 3.37. The highest BCUT2D eigenvalue weighted by molar-refractivity contribution is 5.27. The highest BCUT2D eigenvalue weighted by Gasteiger charge is 2.41. The largest absolute Gasteiger partial charge is 0.396 e. The Hall–Kier alpha value is -1.04. The molecule has 0 spiro atoms. The number of hydrogen-bond acceptors (Lipinski definition) is 3. The van der Waals surface area contributed by atoms with E-state index < -0.39 is 17.3 Å². The molecule has 0 saturated carbocycles. The van der Waals surface area contributed by atoms with Crippen molar-refractivity contribution in [2.24, 2.45) is 5.73 Å². The fraction of sp³-hybridized carbons (Fsp3) is 0.500. The zero-order valence-electron chi connectivity index (χ0n) is 11.0. The third-order valence-corrected chi connectivity index (χ3v) is 3.68. The minimum Gasteiger partial charge on any atom is -0.396 e. The SMILES string of the molecule is C[C](CO)CN1CCC[C@]1(N)c1cc(F)ccc1F. The molecule has 3 N–H and O–H groups in total. The lowest BCUT2D eigenvalue weighted by molar-refractivity contribution is 0.135. The average molecular weight is 269 g/mol. The van der Waals surface area contributed by atoms with Crippen molar-refractivity contribution in [1.82, 2.24) is 4.90 Å². The third-order valence-electron chi connectivity index (χ3n) is 3.68. The van der Waals surface area contributed by atoms with Gasteiger partial charge in [-0.25, -0.2) is 8.78 Å². The van der Waals surface area contributed by atoms with Crippen molar-refractivity contribution in [3.8, 4) is 0 Å². The Morgan fingerprint density at radius 1 is 1.47 bits per heavy atom. The van der Waals surface area contributed by atoms with E-state index in [-0.39, 0.29) is 12.2 Å². The van der Waals surface area contributed by atoms with Gasteiger partial charge < -0.3 is 10.8 Å². The molecular formula is C14H19F2N2O. The summed E-state index contributed by atoms with van der Waals surface area (Å²) in [5.74, 6) is -0.123. The molecule has 1 aromatic rings. The molecular weight excluding hydrogens is 250 g/mol. The zero-order chi connectivity index (χ0) is 14.0. The molecule has 1 fully saturated rings. The molecule has 0 aliphatic carbocycles. The molecule has 0 amide bonds. The van der Waals surface area contributed by atoms with Crippen molar-refractivity contribution in [2.75, 3.05) is 19.7 Å². The van der Waals surface area contributed by atoms with Gasteiger partial charge >= 0.3 is 0 Å². The molecule has 1 aliphatic rings. The van der Waals surface area contributed by atoms with Crippen molar-refractivity contribution in [2.45, 2.75) is 25.4 Å². The van der Waals surface area contributed by atoms with Crippen LogP contribution in [0, 0.1) is 17.6 Å². The van der Waals surface area contributed by atoms with Gasteiger partial charge in [0, 0.05) is 24.6 Å². The lowest BCUT2D eigenvalue weighted by atomic mass is 9.96.